The number of carbonyl (C=O) groups is 1. The highest BCUT2D eigenvalue weighted by Crippen LogP contribution is 2.23. The monoisotopic (exact) mass is 241 g/mol. The van der Waals surface area contributed by atoms with Crippen LogP contribution in [-0.4, -0.2) is 16.1 Å². The van der Waals surface area contributed by atoms with Crippen LogP contribution in [-0.2, 0) is 11.2 Å². The third-order valence-corrected chi connectivity index (χ3v) is 2.90. The summed E-state index contributed by atoms with van der Waals surface area (Å²) in [4.78, 5) is 15.0. The van der Waals surface area contributed by atoms with E-state index in [9.17, 15) is 4.79 Å². The molecule has 3 heteroatoms. The van der Waals surface area contributed by atoms with Crippen molar-refractivity contribution in [3.8, 4) is 0 Å². The molecule has 0 radical (unpaired) electrons. The molecule has 0 amide bonds. The van der Waals surface area contributed by atoms with Crippen molar-refractivity contribution in [2.24, 2.45) is 0 Å². The van der Waals surface area contributed by atoms with Gasteiger partial charge >= 0.3 is 5.97 Å². The summed E-state index contributed by atoms with van der Waals surface area (Å²) in [6.45, 7) is 0. The van der Waals surface area contributed by atoms with Crippen molar-refractivity contribution in [2.75, 3.05) is 0 Å². The lowest BCUT2D eigenvalue weighted by atomic mass is 9.90. The zero-order valence-electron chi connectivity index (χ0n) is 9.99. The standard InChI is InChI=1S/C15H15NO2/c17-15(18)10-14(13-6-2-1-3-7-13)9-12-5-4-8-16-11-12/h1-8,11,14H,9-10H2,(H,17,18). The smallest absolute Gasteiger partial charge is 0.303 e. The highest BCUT2D eigenvalue weighted by Gasteiger charge is 2.15. The van der Waals surface area contributed by atoms with E-state index >= 15 is 0 Å². The Kier molecular flexibility index (Phi) is 4.07. The fraction of sp³-hybridized carbons (Fsp3) is 0.200. The van der Waals surface area contributed by atoms with Gasteiger partial charge < -0.3 is 5.11 Å². The van der Waals surface area contributed by atoms with Crippen LogP contribution >= 0.6 is 0 Å². The average Bonchev–Trinajstić information content (AvgIpc) is 2.40. The second-order valence-electron chi connectivity index (χ2n) is 4.27. The third kappa shape index (κ3) is 3.42. The molecule has 0 aliphatic rings. The Morgan fingerprint density at radius 2 is 1.94 bits per heavy atom. The number of carboxylic acids is 1. The topological polar surface area (TPSA) is 50.2 Å². The molecule has 1 N–H and O–H groups in total. The van der Waals surface area contributed by atoms with E-state index in [-0.39, 0.29) is 12.3 Å². The lowest BCUT2D eigenvalue weighted by Gasteiger charge is -2.15. The van der Waals surface area contributed by atoms with Crippen LogP contribution in [0.3, 0.4) is 0 Å². The van der Waals surface area contributed by atoms with Gasteiger partial charge in [-0.05, 0) is 29.5 Å². The maximum absolute atomic E-state index is 11.0. The zero-order chi connectivity index (χ0) is 12.8. The molecule has 1 atom stereocenters. The van der Waals surface area contributed by atoms with Gasteiger partial charge in [0.05, 0.1) is 6.42 Å². The van der Waals surface area contributed by atoms with Crippen LogP contribution in [0.25, 0.3) is 0 Å². The molecule has 92 valence electrons. The van der Waals surface area contributed by atoms with Crippen molar-refractivity contribution in [2.45, 2.75) is 18.8 Å². The van der Waals surface area contributed by atoms with Crippen molar-refractivity contribution in [1.82, 2.24) is 4.98 Å². The molecule has 2 rings (SSSR count). The van der Waals surface area contributed by atoms with Crippen LogP contribution in [0, 0.1) is 0 Å². The van der Waals surface area contributed by atoms with Gasteiger partial charge in [-0.25, -0.2) is 0 Å². The molecule has 0 saturated heterocycles. The van der Waals surface area contributed by atoms with Gasteiger partial charge in [0.25, 0.3) is 0 Å². The van der Waals surface area contributed by atoms with Crippen molar-refractivity contribution in [1.29, 1.82) is 0 Å². The summed E-state index contributed by atoms with van der Waals surface area (Å²) in [6.07, 6.45) is 4.35. The van der Waals surface area contributed by atoms with Gasteiger partial charge in [-0.2, -0.15) is 0 Å². The van der Waals surface area contributed by atoms with E-state index in [4.69, 9.17) is 5.11 Å². The molecule has 1 heterocycles. The first-order valence-electron chi connectivity index (χ1n) is 5.91. The fourth-order valence-corrected chi connectivity index (χ4v) is 2.05. The number of nitrogens with zero attached hydrogens (tertiary/aromatic N) is 1. The van der Waals surface area contributed by atoms with E-state index in [0.29, 0.717) is 6.42 Å². The highest BCUT2D eigenvalue weighted by molar-refractivity contribution is 5.68. The summed E-state index contributed by atoms with van der Waals surface area (Å²) in [5, 5.41) is 9.01. The average molecular weight is 241 g/mol. The second-order valence-corrected chi connectivity index (χ2v) is 4.27. The van der Waals surface area contributed by atoms with Gasteiger partial charge in [0.1, 0.15) is 0 Å². The minimum Gasteiger partial charge on any atom is -0.481 e. The number of pyridine rings is 1. The number of carboxylic acid groups (broad SMARTS) is 1. The van der Waals surface area contributed by atoms with Crippen molar-refractivity contribution >= 4 is 5.97 Å². The summed E-state index contributed by atoms with van der Waals surface area (Å²) in [5.74, 6) is -0.777. The van der Waals surface area contributed by atoms with Crippen LogP contribution in [0.4, 0.5) is 0 Å². The number of hydrogen-bond acceptors (Lipinski definition) is 2. The van der Waals surface area contributed by atoms with E-state index in [1.807, 2.05) is 42.5 Å². The van der Waals surface area contributed by atoms with Crippen LogP contribution in [0.1, 0.15) is 23.5 Å². The molecule has 2 aromatic rings. The minimum atomic E-state index is -0.771. The number of rotatable bonds is 5. The van der Waals surface area contributed by atoms with E-state index in [1.54, 1.807) is 12.4 Å². The lowest BCUT2D eigenvalue weighted by Crippen LogP contribution is -2.09. The first-order valence-corrected chi connectivity index (χ1v) is 5.91. The van der Waals surface area contributed by atoms with E-state index in [1.165, 1.54) is 0 Å². The lowest BCUT2D eigenvalue weighted by molar-refractivity contribution is -0.137. The molecule has 3 nitrogen and oxygen atoms in total. The summed E-state index contributed by atoms with van der Waals surface area (Å²) in [5.41, 5.74) is 2.12. The van der Waals surface area contributed by atoms with Crippen LogP contribution < -0.4 is 0 Å². The van der Waals surface area contributed by atoms with Crippen LogP contribution in [0.5, 0.6) is 0 Å². The molecule has 0 spiro atoms. The fourth-order valence-electron chi connectivity index (χ4n) is 2.05. The SMILES string of the molecule is O=C(O)CC(Cc1cccnc1)c1ccccc1. The summed E-state index contributed by atoms with van der Waals surface area (Å²) in [7, 11) is 0. The summed E-state index contributed by atoms with van der Waals surface area (Å²) in [6, 6.07) is 13.6. The molecule has 0 fully saturated rings. The van der Waals surface area contributed by atoms with Crippen molar-refractivity contribution < 1.29 is 9.90 Å². The molecule has 0 aliphatic heterocycles. The van der Waals surface area contributed by atoms with Crippen molar-refractivity contribution in [3.05, 3.63) is 66.0 Å². The first kappa shape index (κ1) is 12.3. The second kappa shape index (κ2) is 5.96. The van der Waals surface area contributed by atoms with Crippen LogP contribution in [0.2, 0.25) is 0 Å². The molecule has 0 aliphatic carbocycles. The molecular weight excluding hydrogens is 226 g/mol. The van der Waals surface area contributed by atoms with Gasteiger partial charge in [0, 0.05) is 12.4 Å². The zero-order valence-corrected chi connectivity index (χ0v) is 9.99. The van der Waals surface area contributed by atoms with Gasteiger partial charge in [-0.1, -0.05) is 36.4 Å². The molecule has 1 aromatic heterocycles. The number of aromatic nitrogens is 1. The van der Waals surface area contributed by atoms with E-state index in [0.717, 1.165) is 11.1 Å². The van der Waals surface area contributed by atoms with E-state index < -0.39 is 5.97 Å². The van der Waals surface area contributed by atoms with E-state index in [2.05, 4.69) is 4.98 Å². The summed E-state index contributed by atoms with van der Waals surface area (Å²) < 4.78 is 0. The predicted molar refractivity (Wildman–Crippen MR) is 69.4 cm³/mol. The van der Waals surface area contributed by atoms with Gasteiger partial charge in [-0.15, -0.1) is 0 Å². The molecule has 0 bridgehead atoms. The number of benzene rings is 1. The Labute approximate surface area is 106 Å². The summed E-state index contributed by atoms with van der Waals surface area (Å²) >= 11 is 0. The van der Waals surface area contributed by atoms with Crippen molar-refractivity contribution in [3.63, 3.8) is 0 Å². The molecular formula is C15H15NO2. The minimum absolute atomic E-state index is 0.00657. The Morgan fingerprint density at radius 1 is 1.17 bits per heavy atom. The van der Waals surface area contributed by atoms with Gasteiger partial charge in [-0.3, -0.25) is 9.78 Å². The van der Waals surface area contributed by atoms with Crippen LogP contribution in [0.15, 0.2) is 54.9 Å². The maximum Gasteiger partial charge on any atom is 0.303 e. The molecule has 0 saturated carbocycles. The Balaban J connectivity index is 2.18. The first-order chi connectivity index (χ1) is 8.75. The Hall–Kier alpha value is -2.16. The van der Waals surface area contributed by atoms with Gasteiger partial charge in [0.15, 0.2) is 0 Å². The number of hydrogen-bond donors (Lipinski definition) is 1. The number of aliphatic carboxylic acids is 1. The molecule has 1 aromatic carbocycles. The maximum atomic E-state index is 11.0. The predicted octanol–water partition coefficient (Wildman–Crippen LogP) is 2.88. The Bertz CT molecular complexity index is 496. The quantitative estimate of drug-likeness (QED) is 0.875. The normalized spacial score (nSPS) is 12.0. The largest absolute Gasteiger partial charge is 0.481 e. The van der Waals surface area contributed by atoms with Gasteiger partial charge in [0.2, 0.25) is 0 Å². The Morgan fingerprint density at radius 3 is 2.56 bits per heavy atom. The molecule has 18 heavy (non-hydrogen) atoms. The third-order valence-electron chi connectivity index (χ3n) is 2.90. The highest BCUT2D eigenvalue weighted by atomic mass is 16.4. The molecule has 1 unspecified atom stereocenters.